The number of ether oxygens (including phenoxy) is 1. The summed E-state index contributed by atoms with van der Waals surface area (Å²) in [6.45, 7) is 2.00. The Bertz CT molecular complexity index is 371. The van der Waals surface area contributed by atoms with Crippen LogP contribution >= 0.6 is 11.8 Å². The van der Waals surface area contributed by atoms with Gasteiger partial charge in [-0.2, -0.15) is 13.2 Å². The van der Waals surface area contributed by atoms with E-state index in [-0.39, 0.29) is 30.2 Å². The Morgan fingerprint density at radius 3 is 2.61 bits per heavy atom. The summed E-state index contributed by atoms with van der Waals surface area (Å²) < 4.78 is 41.2. The van der Waals surface area contributed by atoms with Crippen molar-refractivity contribution in [2.45, 2.75) is 18.5 Å². The normalized spacial score (nSPS) is 13.4. The zero-order chi connectivity index (χ0) is 13.6. The molecule has 1 unspecified atom stereocenters. The third-order valence-electron chi connectivity index (χ3n) is 2.43. The van der Waals surface area contributed by atoms with E-state index in [1.54, 1.807) is 12.1 Å². The van der Waals surface area contributed by atoms with Crippen LogP contribution in [0.1, 0.15) is 18.5 Å². The molecule has 1 aromatic rings. The summed E-state index contributed by atoms with van der Waals surface area (Å²) in [6, 6.07) is 7.43. The quantitative estimate of drug-likeness (QED) is 0.804. The first-order valence-electron chi connectivity index (χ1n) is 5.53. The number of benzene rings is 1. The zero-order valence-electron chi connectivity index (χ0n) is 10.3. The van der Waals surface area contributed by atoms with Gasteiger partial charge in [-0.3, -0.25) is 0 Å². The summed E-state index contributed by atoms with van der Waals surface area (Å²) in [5.41, 5.74) is -3.25. The summed E-state index contributed by atoms with van der Waals surface area (Å²) in [4.78, 5) is 0. The van der Waals surface area contributed by atoms with Crippen molar-refractivity contribution < 1.29 is 17.9 Å². The van der Waals surface area contributed by atoms with Crippen molar-refractivity contribution in [2.75, 3.05) is 19.4 Å². The van der Waals surface area contributed by atoms with Crippen molar-refractivity contribution in [3.8, 4) is 5.75 Å². The fourth-order valence-electron chi connectivity index (χ4n) is 1.43. The highest BCUT2D eigenvalue weighted by molar-refractivity contribution is 8.00. The molecule has 0 spiro atoms. The molecule has 0 bridgehead atoms. The summed E-state index contributed by atoms with van der Waals surface area (Å²) >= 11 is -0.0678. The number of hydrogen-bond acceptors (Lipinski definition) is 3. The van der Waals surface area contributed by atoms with Gasteiger partial charge < -0.3 is 10.1 Å². The maximum atomic E-state index is 11.9. The lowest BCUT2D eigenvalue weighted by atomic mass is 10.1. The highest BCUT2D eigenvalue weighted by Gasteiger charge is 2.27. The Labute approximate surface area is 109 Å². The van der Waals surface area contributed by atoms with E-state index in [0.29, 0.717) is 5.75 Å². The molecule has 0 aliphatic carbocycles. The lowest BCUT2D eigenvalue weighted by Gasteiger charge is -2.16. The van der Waals surface area contributed by atoms with Crippen molar-refractivity contribution in [3.63, 3.8) is 0 Å². The minimum atomic E-state index is -4.19. The molecule has 6 heteroatoms. The van der Waals surface area contributed by atoms with Gasteiger partial charge in [-0.25, -0.2) is 0 Å². The molecular formula is C12H16F3NOS. The molecule has 102 valence electrons. The Kier molecular flexibility index (Phi) is 5.81. The molecule has 0 saturated carbocycles. The van der Waals surface area contributed by atoms with E-state index in [2.05, 4.69) is 5.32 Å². The van der Waals surface area contributed by atoms with Crippen LogP contribution in [0, 0.1) is 0 Å². The van der Waals surface area contributed by atoms with Crippen molar-refractivity contribution >= 4 is 11.8 Å². The maximum absolute atomic E-state index is 11.9. The summed E-state index contributed by atoms with van der Waals surface area (Å²) in [7, 11) is 1.82. The molecule has 0 aliphatic rings. The number of para-hydroxylation sites is 1. The molecule has 1 N–H and O–H groups in total. The molecule has 0 amide bonds. The molecule has 2 nitrogen and oxygen atoms in total. The number of alkyl halides is 3. The second-order valence-corrected chi connectivity index (χ2v) is 4.85. The van der Waals surface area contributed by atoms with Crippen LogP contribution in [-0.2, 0) is 0 Å². The van der Waals surface area contributed by atoms with Crippen LogP contribution in [0.15, 0.2) is 24.3 Å². The van der Waals surface area contributed by atoms with E-state index < -0.39 is 5.51 Å². The fraction of sp³-hybridized carbons (Fsp3) is 0.500. The molecule has 1 atom stereocenters. The van der Waals surface area contributed by atoms with Crippen LogP contribution < -0.4 is 10.1 Å². The van der Waals surface area contributed by atoms with E-state index >= 15 is 0 Å². The van der Waals surface area contributed by atoms with Crippen LogP contribution in [0.5, 0.6) is 5.75 Å². The Hall–Kier alpha value is -0.880. The van der Waals surface area contributed by atoms with Gasteiger partial charge in [0.1, 0.15) is 5.75 Å². The largest absolute Gasteiger partial charge is 0.492 e. The lowest BCUT2D eigenvalue weighted by molar-refractivity contribution is -0.0329. The fourth-order valence-corrected chi connectivity index (χ4v) is 1.83. The SMILES string of the molecule is CNC(C)c1ccccc1OCCSC(F)(F)F. The summed E-state index contributed by atoms with van der Waals surface area (Å²) in [6.07, 6.45) is 0. The van der Waals surface area contributed by atoms with Gasteiger partial charge in [-0.1, -0.05) is 18.2 Å². The molecule has 1 aromatic carbocycles. The van der Waals surface area contributed by atoms with Gasteiger partial charge in [-0.05, 0) is 31.8 Å². The predicted octanol–water partition coefficient (Wildman–Crippen LogP) is 3.60. The maximum Gasteiger partial charge on any atom is 0.441 e. The number of thioether (sulfide) groups is 1. The third-order valence-corrected chi connectivity index (χ3v) is 3.12. The minimum absolute atomic E-state index is 0.0393. The van der Waals surface area contributed by atoms with E-state index in [1.165, 1.54) is 0 Å². The minimum Gasteiger partial charge on any atom is -0.492 e. The average molecular weight is 279 g/mol. The zero-order valence-corrected chi connectivity index (χ0v) is 11.1. The van der Waals surface area contributed by atoms with Gasteiger partial charge in [0.2, 0.25) is 0 Å². The molecule has 0 saturated heterocycles. The van der Waals surface area contributed by atoms with Gasteiger partial charge in [-0.15, -0.1) is 0 Å². The van der Waals surface area contributed by atoms with E-state index in [4.69, 9.17) is 4.74 Å². The molecule has 0 aromatic heterocycles. The Balaban J connectivity index is 2.52. The predicted molar refractivity (Wildman–Crippen MR) is 67.9 cm³/mol. The van der Waals surface area contributed by atoms with Crippen LogP contribution in [-0.4, -0.2) is 24.9 Å². The van der Waals surface area contributed by atoms with Gasteiger partial charge in [0.05, 0.1) is 6.61 Å². The molecule has 1 rings (SSSR count). The molecule has 0 radical (unpaired) electrons. The molecule has 0 heterocycles. The summed E-state index contributed by atoms with van der Waals surface area (Å²) in [5, 5.41) is 3.07. The van der Waals surface area contributed by atoms with Gasteiger partial charge in [0, 0.05) is 17.4 Å². The molecule has 0 aliphatic heterocycles. The topological polar surface area (TPSA) is 21.3 Å². The standard InChI is InChI=1S/C12H16F3NOS/c1-9(16-2)10-5-3-4-6-11(10)17-7-8-18-12(13,14)15/h3-6,9,16H,7-8H2,1-2H3. The highest BCUT2D eigenvalue weighted by atomic mass is 32.2. The van der Waals surface area contributed by atoms with Gasteiger partial charge in [0.15, 0.2) is 0 Å². The number of hydrogen-bond donors (Lipinski definition) is 1. The van der Waals surface area contributed by atoms with Crippen LogP contribution in [0.2, 0.25) is 0 Å². The molecule has 0 fully saturated rings. The Morgan fingerprint density at radius 2 is 2.00 bits per heavy atom. The Morgan fingerprint density at radius 1 is 1.33 bits per heavy atom. The first-order chi connectivity index (χ1) is 8.44. The van der Waals surface area contributed by atoms with E-state index in [1.807, 2.05) is 26.1 Å². The van der Waals surface area contributed by atoms with Crippen LogP contribution in [0.3, 0.4) is 0 Å². The third kappa shape index (κ3) is 5.18. The number of halogens is 3. The van der Waals surface area contributed by atoms with Gasteiger partial charge >= 0.3 is 5.51 Å². The molecule has 18 heavy (non-hydrogen) atoms. The van der Waals surface area contributed by atoms with Gasteiger partial charge in [0.25, 0.3) is 0 Å². The van der Waals surface area contributed by atoms with Crippen LogP contribution in [0.25, 0.3) is 0 Å². The average Bonchev–Trinajstić information content (AvgIpc) is 2.33. The van der Waals surface area contributed by atoms with Crippen molar-refractivity contribution in [1.29, 1.82) is 0 Å². The first-order valence-corrected chi connectivity index (χ1v) is 6.52. The first kappa shape index (κ1) is 15.2. The smallest absolute Gasteiger partial charge is 0.441 e. The number of rotatable bonds is 6. The van der Waals surface area contributed by atoms with Crippen molar-refractivity contribution in [3.05, 3.63) is 29.8 Å². The second kappa shape index (κ2) is 6.89. The lowest BCUT2D eigenvalue weighted by Crippen LogP contribution is -2.14. The van der Waals surface area contributed by atoms with E-state index in [0.717, 1.165) is 5.56 Å². The molecular weight excluding hydrogens is 263 g/mol. The summed E-state index contributed by atoms with van der Waals surface area (Å²) in [5.74, 6) is 0.522. The van der Waals surface area contributed by atoms with Crippen molar-refractivity contribution in [2.24, 2.45) is 0 Å². The highest BCUT2D eigenvalue weighted by Crippen LogP contribution is 2.30. The van der Waals surface area contributed by atoms with Crippen LogP contribution in [0.4, 0.5) is 13.2 Å². The number of nitrogens with one attached hydrogen (secondary N) is 1. The second-order valence-electron chi connectivity index (χ2n) is 3.69. The van der Waals surface area contributed by atoms with E-state index in [9.17, 15) is 13.2 Å². The van der Waals surface area contributed by atoms with Crippen molar-refractivity contribution in [1.82, 2.24) is 5.32 Å². The monoisotopic (exact) mass is 279 g/mol.